The Morgan fingerprint density at radius 2 is 1.08 bits per heavy atom. The van der Waals surface area contributed by atoms with Crippen LogP contribution in [-0.2, 0) is 0 Å². The summed E-state index contributed by atoms with van der Waals surface area (Å²) in [4.78, 5) is 0. The molecule has 1 unspecified atom stereocenters. The maximum absolute atomic E-state index is 3.69. The van der Waals surface area contributed by atoms with Crippen LogP contribution in [0, 0.1) is 0 Å². The highest BCUT2D eigenvalue weighted by molar-refractivity contribution is 6.87. The molecule has 39 heavy (non-hydrogen) atoms. The zero-order valence-corrected chi connectivity index (χ0v) is 35.2. The lowest BCUT2D eigenvalue weighted by atomic mass is 10.4. The fraction of sp³-hybridized carbons (Fsp3) is 0.394. The highest BCUT2D eigenvalue weighted by Crippen LogP contribution is 2.18. The summed E-state index contributed by atoms with van der Waals surface area (Å²) in [6.07, 6.45) is 0. The van der Waals surface area contributed by atoms with Crippen LogP contribution in [0.2, 0.25) is 76.2 Å². The van der Waals surface area contributed by atoms with E-state index in [1.54, 1.807) is 10.4 Å². The molecule has 6 heteroatoms. The Hall–Kier alpha value is -1.30. The van der Waals surface area contributed by atoms with Gasteiger partial charge in [0.05, 0.1) is 27.1 Å². The molecule has 216 valence electrons. The standard InChI is InChI=1S/2C11H20Si2.C6H8Si.C5H12Si/c1-10(13(2,3)4)12-11-8-6-5-7-9-11;1-13(2,3)10-9-12-11-7-5-4-6-8-11;7-6-4-2-1-3-5-6;1-5-6(2,3)4/h5-10H,12H2,1-4H3;4-8H,9-10,12H2,1-3H3;1-5H,7H3;5H,1H2,2-4H3. The van der Waals surface area contributed by atoms with Crippen molar-refractivity contribution in [3.05, 3.63) is 103 Å². The molecule has 1 atom stereocenters. The SMILES string of the molecule is C=C[Si](C)(C)C.CC([SiH2]c1ccccc1)[Si](C)(C)C.C[Si](C)(C)CC[SiH2]c1ccccc1.[SiH3]c1ccccc1. The molecule has 0 bridgehead atoms. The van der Waals surface area contributed by atoms with Crippen LogP contribution in [0.1, 0.15) is 6.92 Å². The average Bonchev–Trinajstić information content (AvgIpc) is 2.85. The summed E-state index contributed by atoms with van der Waals surface area (Å²) in [6.45, 7) is 27.8. The predicted molar refractivity (Wildman–Crippen MR) is 205 cm³/mol. The predicted octanol–water partition coefficient (Wildman–Crippen LogP) is 6.13. The summed E-state index contributed by atoms with van der Waals surface area (Å²) in [6, 6.07) is 35.5. The molecule has 0 heterocycles. The fourth-order valence-corrected chi connectivity index (χ4v) is 14.0. The highest BCUT2D eigenvalue weighted by atomic mass is 28.4. The quantitative estimate of drug-likeness (QED) is 0.265. The summed E-state index contributed by atoms with van der Waals surface area (Å²) in [7, 11) is -1.34. The van der Waals surface area contributed by atoms with E-state index < -0.39 is 24.2 Å². The van der Waals surface area contributed by atoms with Crippen molar-refractivity contribution >= 4 is 69.1 Å². The van der Waals surface area contributed by atoms with Gasteiger partial charge in [0.15, 0.2) is 0 Å². The average molecular weight is 625 g/mol. The number of hydrogen-bond donors (Lipinski definition) is 0. The number of hydrogen-bond acceptors (Lipinski definition) is 0. The maximum Gasteiger partial charge on any atom is 0.0679 e. The Bertz CT molecular complexity index is 986. The first-order chi connectivity index (χ1) is 18.0. The lowest BCUT2D eigenvalue weighted by Crippen LogP contribution is -2.34. The number of rotatable bonds is 8. The van der Waals surface area contributed by atoms with E-state index in [4.69, 9.17) is 0 Å². The van der Waals surface area contributed by atoms with Gasteiger partial charge in [0.25, 0.3) is 0 Å². The Morgan fingerprint density at radius 3 is 1.38 bits per heavy atom. The molecule has 3 aromatic carbocycles. The maximum atomic E-state index is 3.69. The second-order valence-corrected chi connectivity index (χ2v) is 37.0. The third kappa shape index (κ3) is 24.2. The summed E-state index contributed by atoms with van der Waals surface area (Å²) in [5, 5.41) is 5.72. The van der Waals surface area contributed by atoms with Crippen LogP contribution in [0.15, 0.2) is 103 Å². The summed E-state index contributed by atoms with van der Waals surface area (Å²) >= 11 is 0. The molecule has 0 aliphatic rings. The molecule has 0 saturated carbocycles. The van der Waals surface area contributed by atoms with Gasteiger partial charge in [-0.2, -0.15) is 0 Å². The molecule has 0 amide bonds. The van der Waals surface area contributed by atoms with Crippen molar-refractivity contribution < 1.29 is 0 Å². The van der Waals surface area contributed by atoms with E-state index >= 15 is 0 Å². The Morgan fingerprint density at radius 1 is 0.692 bits per heavy atom. The first kappa shape index (κ1) is 37.7. The normalized spacial score (nSPS) is 12.6. The minimum Gasteiger partial charge on any atom is -0.107 e. The molecule has 0 aromatic heterocycles. The first-order valence-corrected chi connectivity index (χ1v) is 29.9. The van der Waals surface area contributed by atoms with Crippen LogP contribution in [-0.4, -0.2) is 53.5 Å². The molecule has 0 radical (unpaired) electrons. The van der Waals surface area contributed by atoms with Crippen molar-refractivity contribution in [3.8, 4) is 0 Å². The molecule has 0 N–H and O–H groups in total. The Labute approximate surface area is 254 Å². The van der Waals surface area contributed by atoms with Crippen LogP contribution < -0.4 is 15.6 Å². The molecule has 0 aliphatic carbocycles. The fourth-order valence-electron chi connectivity index (χ4n) is 3.28. The minimum absolute atomic E-state index is 0.0295. The van der Waals surface area contributed by atoms with Gasteiger partial charge in [-0.15, -0.1) is 12.3 Å². The van der Waals surface area contributed by atoms with Crippen LogP contribution in [0.3, 0.4) is 0 Å². The molecular weight excluding hydrogens is 565 g/mol. The lowest BCUT2D eigenvalue weighted by Gasteiger charge is -2.24. The zero-order chi connectivity index (χ0) is 30.0. The topological polar surface area (TPSA) is 0 Å². The molecule has 0 fully saturated rings. The summed E-state index contributed by atoms with van der Waals surface area (Å²) in [5.41, 5.74) is 2.08. The second-order valence-electron chi connectivity index (χ2n) is 14.1. The van der Waals surface area contributed by atoms with Crippen LogP contribution in [0.4, 0.5) is 0 Å². The largest absolute Gasteiger partial charge is 0.107 e. The third-order valence-corrected chi connectivity index (χ3v) is 21.7. The number of benzene rings is 3. The van der Waals surface area contributed by atoms with Gasteiger partial charge in [0, 0.05) is 26.4 Å². The van der Waals surface area contributed by atoms with Crippen molar-refractivity contribution in [2.75, 3.05) is 0 Å². The van der Waals surface area contributed by atoms with Crippen LogP contribution in [0.25, 0.3) is 0 Å². The molecule has 0 aliphatic heterocycles. The molecule has 0 spiro atoms. The molecule has 0 nitrogen and oxygen atoms in total. The van der Waals surface area contributed by atoms with E-state index in [0.717, 1.165) is 5.16 Å². The van der Waals surface area contributed by atoms with Crippen molar-refractivity contribution in [3.63, 3.8) is 0 Å². The summed E-state index contributed by atoms with van der Waals surface area (Å²) < 4.78 is 0. The van der Waals surface area contributed by atoms with Crippen molar-refractivity contribution in [1.29, 1.82) is 0 Å². The van der Waals surface area contributed by atoms with E-state index in [9.17, 15) is 0 Å². The van der Waals surface area contributed by atoms with Gasteiger partial charge in [-0.3, -0.25) is 0 Å². The molecule has 3 rings (SSSR count). The van der Waals surface area contributed by atoms with Crippen molar-refractivity contribution in [2.45, 2.75) is 83.1 Å². The van der Waals surface area contributed by atoms with Gasteiger partial charge in [-0.25, -0.2) is 0 Å². The lowest BCUT2D eigenvalue weighted by molar-refractivity contribution is 1.24. The Kier molecular flexibility index (Phi) is 19.1. The molecular formula is C33H60Si6. The Balaban J connectivity index is 0.000000521. The van der Waals surface area contributed by atoms with Gasteiger partial charge in [-0.05, 0) is 0 Å². The van der Waals surface area contributed by atoms with Gasteiger partial charge in [0.2, 0.25) is 0 Å². The van der Waals surface area contributed by atoms with E-state index in [-0.39, 0.29) is 19.0 Å². The third-order valence-electron chi connectivity index (χ3n) is 6.65. The van der Waals surface area contributed by atoms with Gasteiger partial charge in [-0.1, -0.05) is 190 Å². The van der Waals surface area contributed by atoms with Gasteiger partial charge in [0.1, 0.15) is 0 Å². The monoisotopic (exact) mass is 624 g/mol. The zero-order valence-electron chi connectivity index (χ0n) is 27.4. The van der Waals surface area contributed by atoms with E-state index in [2.05, 4.69) is 163 Å². The van der Waals surface area contributed by atoms with Crippen LogP contribution >= 0.6 is 0 Å². The van der Waals surface area contributed by atoms with Crippen molar-refractivity contribution in [2.24, 2.45) is 0 Å². The minimum atomic E-state index is -0.882. The van der Waals surface area contributed by atoms with Gasteiger partial charge >= 0.3 is 0 Å². The van der Waals surface area contributed by atoms with Crippen LogP contribution in [0.5, 0.6) is 0 Å². The van der Waals surface area contributed by atoms with E-state index in [0.29, 0.717) is 0 Å². The molecule has 0 saturated heterocycles. The van der Waals surface area contributed by atoms with E-state index in [1.807, 2.05) is 6.07 Å². The molecule has 3 aromatic rings. The van der Waals surface area contributed by atoms with Crippen molar-refractivity contribution in [1.82, 2.24) is 0 Å². The first-order valence-electron chi connectivity index (χ1n) is 14.8. The highest BCUT2D eigenvalue weighted by Gasteiger charge is 2.22. The van der Waals surface area contributed by atoms with E-state index in [1.165, 1.54) is 27.5 Å². The summed E-state index contributed by atoms with van der Waals surface area (Å²) in [5.74, 6) is 0. The second kappa shape index (κ2) is 19.7. The van der Waals surface area contributed by atoms with Gasteiger partial charge < -0.3 is 0 Å². The smallest absolute Gasteiger partial charge is 0.0679 e.